The zero-order valence-electron chi connectivity index (χ0n) is 7.73. The molecule has 0 bridgehead atoms. The molecule has 0 radical (unpaired) electrons. The zero-order valence-corrected chi connectivity index (χ0v) is 7.73. The minimum atomic E-state index is 0.339. The van der Waals surface area contributed by atoms with Crippen LogP contribution in [0.5, 0.6) is 0 Å². The fourth-order valence-electron chi connectivity index (χ4n) is 0.716. The molecule has 0 saturated carbocycles. The summed E-state index contributed by atoms with van der Waals surface area (Å²) in [6.45, 7) is 8.09. The molecule has 0 aliphatic heterocycles. The van der Waals surface area contributed by atoms with Gasteiger partial charge < -0.3 is 5.32 Å². The Labute approximate surface area is 68.9 Å². The van der Waals surface area contributed by atoms with Gasteiger partial charge in [0.2, 0.25) is 0 Å². The molecule has 0 aromatic heterocycles. The van der Waals surface area contributed by atoms with Crippen LogP contribution in [0.3, 0.4) is 0 Å². The molecule has 0 aliphatic rings. The monoisotopic (exact) mass is 152 g/mol. The molecule has 11 heavy (non-hydrogen) atoms. The third kappa shape index (κ3) is 3.67. The second kappa shape index (κ2) is 4.79. The van der Waals surface area contributed by atoms with E-state index in [1.807, 2.05) is 20.8 Å². The number of hydrogen-bond acceptors (Lipinski definition) is 2. The number of allylic oxidation sites excluding steroid dienone is 2. The molecule has 2 nitrogen and oxygen atoms in total. The van der Waals surface area contributed by atoms with Crippen molar-refractivity contribution in [2.24, 2.45) is 0 Å². The first-order chi connectivity index (χ1) is 5.11. The molecule has 2 heteroatoms. The standard InChI is InChI=1S/C9H16N2/c1-5-8(4)9(6-10)11-7(2)3/h7,11H,5H2,1-4H3/b9-8+. The molecule has 0 rings (SSSR count). The maximum atomic E-state index is 8.71. The van der Waals surface area contributed by atoms with Crippen LogP contribution in [0, 0.1) is 11.3 Å². The summed E-state index contributed by atoms with van der Waals surface area (Å²) < 4.78 is 0. The molecule has 0 unspecified atom stereocenters. The van der Waals surface area contributed by atoms with Gasteiger partial charge in [-0.3, -0.25) is 0 Å². The summed E-state index contributed by atoms with van der Waals surface area (Å²) in [5.41, 5.74) is 1.85. The molecule has 0 aromatic rings. The van der Waals surface area contributed by atoms with Gasteiger partial charge in [-0.15, -0.1) is 0 Å². The number of hydrogen-bond donors (Lipinski definition) is 1. The first kappa shape index (κ1) is 10.0. The Morgan fingerprint density at radius 2 is 2.09 bits per heavy atom. The molecule has 62 valence electrons. The van der Waals surface area contributed by atoms with Crippen molar-refractivity contribution < 1.29 is 0 Å². The molecule has 1 N–H and O–H groups in total. The van der Waals surface area contributed by atoms with Gasteiger partial charge in [-0.1, -0.05) is 6.92 Å². The number of nitrogens with one attached hydrogen (secondary N) is 1. The highest BCUT2D eigenvalue weighted by Crippen LogP contribution is 2.04. The first-order valence-electron chi connectivity index (χ1n) is 3.98. The Bertz CT molecular complexity index is 184. The molecule has 0 heterocycles. The van der Waals surface area contributed by atoms with Crippen LogP contribution in [0.2, 0.25) is 0 Å². The third-order valence-electron chi connectivity index (χ3n) is 1.50. The van der Waals surface area contributed by atoms with E-state index in [1.54, 1.807) is 0 Å². The summed E-state index contributed by atoms with van der Waals surface area (Å²) in [4.78, 5) is 0. The van der Waals surface area contributed by atoms with Crippen LogP contribution >= 0.6 is 0 Å². The fourth-order valence-corrected chi connectivity index (χ4v) is 0.716. The Hall–Kier alpha value is -0.970. The highest BCUT2D eigenvalue weighted by atomic mass is 14.9. The summed E-state index contributed by atoms with van der Waals surface area (Å²) in [5, 5.41) is 11.8. The average Bonchev–Trinajstić information content (AvgIpc) is 1.98. The zero-order chi connectivity index (χ0) is 8.85. The van der Waals surface area contributed by atoms with Gasteiger partial charge in [-0.05, 0) is 32.8 Å². The van der Waals surface area contributed by atoms with E-state index in [0.717, 1.165) is 17.7 Å². The fraction of sp³-hybridized carbons (Fsp3) is 0.667. The lowest BCUT2D eigenvalue weighted by molar-refractivity contribution is 0.675. The van der Waals surface area contributed by atoms with E-state index >= 15 is 0 Å². The lowest BCUT2D eigenvalue weighted by atomic mass is 10.2. The summed E-state index contributed by atoms with van der Waals surface area (Å²) in [6.07, 6.45) is 0.933. The van der Waals surface area contributed by atoms with Gasteiger partial charge in [0.05, 0.1) is 0 Å². The van der Waals surface area contributed by atoms with Crippen LogP contribution < -0.4 is 5.32 Å². The molecular formula is C9H16N2. The van der Waals surface area contributed by atoms with Gasteiger partial charge in [-0.25, -0.2) is 0 Å². The van der Waals surface area contributed by atoms with E-state index in [2.05, 4.69) is 18.3 Å². The molecule has 0 aromatic carbocycles. The second-order valence-electron chi connectivity index (χ2n) is 2.92. The van der Waals surface area contributed by atoms with Crippen molar-refractivity contribution in [1.29, 1.82) is 5.26 Å². The topological polar surface area (TPSA) is 35.8 Å². The molecule has 0 atom stereocenters. The van der Waals surface area contributed by atoms with Crippen molar-refractivity contribution in [2.45, 2.75) is 40.2 Å². The summed E-state index contributed by atoms with van der Waals surface area (Å²) in [5.74, 6) is 0. The quantitative estimate of drug-likeness (QED) is 0.629. The van der Waals surface area contributed by atoms with E-state index < -0.39 is 0 Å². The minimum absolute atomic E-state index is 0.339. The van der Waals surface area contributed by atoms with E-state index in [0.29, 0.717) is 6.04 Å². The number of nitriles is 1. The lowest BCUT2D eigenvalue weighted by Crippen LogP contribution is -2.22. The average molecular weight is 152 g/mol. The van der Waals surface area contributed by atoms with Gasteiger partial charge >= 0.3 is 0 Å². The van der Waals surface area contributed by atoms with Gasteiger partial charge in [0.15, 0.2) is 0 Å². The smallest absolute Gasteiger partial charge is 0.117 e. The summed E-state index contributed by atoms with van der Waals surface area (Å²) in [7, 11) is 0. The van der Waals surface area contributed by atoms with Crippen molar-refractivity contribution in [1.82, 2.24) is 5.32 Å². The van der Waals surface area contributed by atoms with Crippen molar-refractivity contribution in [3.05, 3.63) is 11.3 Å². The Morgan fingerprint density at radius 1 is 1.55 bits per heavy atom. The Kier molecular flexibility index (Phi) is 4.36. The SMILES string of the molecule is CC/C(C)=C(\C#N)NC(C)C. The minimum Gasteiger partial charge on any atom is -0.374 e. The van der Waals surface area contributed by atoms with Crippen LogP contribution in [0.4, 0.5) is 0 Å². The van der Waals surface area contributed by atoms with Crippen molar-refractivity contribution in [3.63, 3.8) is 0 Å². The Balaban J connectivity index is 4.30. The molecule has 0 saturated heterocycles. The second-order valence-corrected chi connectivity index (χ2v) is 2.92. The molecular weight excluding hydrogens is 136 g/mol. The molecule has 0 amide bonds. The Morgan fingerprint density at radius 3 is 2.36 bits per heavy atom. The van der Waals surface area contributed by atoms with E-state index in [9.17, 15) is 0 Å². The van der Waals surface area contributed by atoms with Crippen molar-refractivity contribution in [2.75, 3.05) is 0 Å². The van der Waals surface area contributed by atoms with Crippen molar-refractivity contribution in [3.8, 4) is 6.07 Å². The van der Waals surface area contributed by atoms with Gasteiger partial charge in [0.25, 0.3) is 0 Å². The van der Waals surface area contributed by atoms with E-state index in [4.69, 9.17) is 5.26 Å². The summed E-state index contributed by atoms with van der Waals surface area (Å²) >= 11 is 0. The maximum absolute atomic E-state index is 8.71. The van der Waals surface area contributed by atoms with Crippen LogP contribution in [-0.4, -0.2) is 6.04 Å². The lowest BCUT2D eigenvalue weighted by Gasteiger charge is -2.09. The predicted octanol–water partition coefficient (Wildman–Crippen LogP) is 2.19. The van der Waals surface area contributed by atoms with Gasteiger partial charge in [0, 0.05) is 6.04 Å². The van der Waals surface area contributed by atoms with Crippen LogP contribution in [0.15, 0.2) is 11.3 Å². The van der Waals surface area contributed by atoms with Crippen LogP contribution in [0.25, 0.3) is 0 Å². The van der Waals surface area contributed by atoms with Crippen LogP contribution in [-0.2, 0) is 0 Å². The van der Waals surface area contributed by atoms with Gasteiger partial charge in [0.1, 0.15) is 11.8 Å². The van der Waals surface area contributed by atoms with E-state index in [-0.39, 0.29) is 0 Å². The van der Waals surface area contributed by atoms with Crippen molar-refractivity contribution >= 4 is 0 Å². The maximum Gasteiger partial charge on any atom is 0.117 e. The molecule has 0 spiro atoms. The number of rotatable bonds is 3. The molecule has 0 aliphatic carbocycles. The largest absolute Gasteiger partial charge is 0.374 e. The third-order valence-corrected chi connectivity index (χ3v) is 1.50. The van der Waals surface area contributed by atoms with Crippen LogP contribution in [0.1, 0.15) is 34.1 Å². The van der Waals surface area contributed by atoms with Gasteiger partial charge in [-0.2, -0.15) is 5.26 Å². The molecule has 0 fully saturated rings. The van der Waals surface area contributed by atoms with E-state index in [1.165, 1.54) is 0 Å². The first-order valence-corrected chi connectivity index (χ1v) is 3.98. The normalized spacial score (nSPS) is 12.4. The highest BCUT2D eigenvalue weighted by molar-refractivity contribution is 5.24. The summed E-state index contributed by atoms with van der Waals surface area (Å²) in [6, 6.07) is 2.49. The number of nitrogens with zero attached hydrogens (tertiary/aromatic N) is 1. The predicted molar refractivity (Wildman–Crippen MR) is 46.9 cm³/mol. The highest BCUT2D eigenvalue weighted by Gasteiger charge is 2.00.